The maximum atomic E-state index is 12.3. The first kappa shape index (κ1) is 17.0. The predicted octanol–water partition coefficient (Wildman–Crippen LogP) is 2.41. The lowest BCUT2D eigenvalue weighted by atomic mass is 9.66. The van der Waals surface area contributed by atoms with Crippen LogP contribution in [0.3, 0.4) is 0 Å². The van der Waals surface area contributed by atoms with Crippen molar-refractivity contribution in [1.29, 1.82) is 0 Å². The highest BCUT2D eigenvalue weighted by Crippen LogP contribution is 2.44. The van der Waals surface area contributed by atoms with E-state index >= 15 is 0 Å². The van der Waals surface area contributed by atoms with Gasteiger partial charge in [-0.2, -0.15) is 0 Å². The highest BCUT2D eigenvalue weighted by molar-refractivity contribution is 5.97. The molecule has 0 aliphatic heterocycles. The van der Waals surface area contributed by atoms with Crippen LogP contribution < -0.4 is 10.6 Å². The summed E-state index contributed by atoms with van der Waals surface area (Å²) in [6.45, 7) is 2.12. The molecule has 0 unspecified atom stereocenters. The van der Waals surface area contributed by atoms with Crippen molar-refractivity contribution in [2.75, 3.05) is 11.9 Å². The Hall–Kier alpha value is -2.37. The summed E-state index contributed by atoms with van der Waals surface area (Å²) in [6, 6.07) is 6.61. The van der Waals surface area contributed by atoms with Crippen LogP contribution in [0.4, 0.5) is 5.69 Å². The lowest BCUT2D eigenvalue weighted by Crippen LogP contribution is -2.41. The van der Waals surface area contributed by atoms with Crippen LogP contribution in [0, 0.1) is 5.41 Å². The third-order valence-corrected chi connectivity index (χ3v) is 4.50. The van der Waals surface area contributed by atoms with Gasteiger partial charge < -0.3 is 15.7 Å². The first-order chi connectivity index (χ1) is 11.0. The number of hydrogen-bond acceptors (Lipinski definition) is 3. The zero-order valence-electron chi connectivity index (χ0n) is 13.2. The van der Waals surface area contributed by atoms with Crippen LogP contribution >= 0.6 is 0 Å². The molecule has 2 rings (SSSR count). The Morgan fingerprint density at radius 3 is 2.30 bits per heavy atom. The molecule has 6 heteroatoms. The summed E-state index contributed by atoms with van der Waals surface area (Å²) in [6.07, 6.45) is 3.68. The number of nitrogens with one attached hydrogen (secondary N) is 2. The second-order valence-corrected chi connectivity index (χ2v) is 5.92. The summed E-state index contributed by atoms with van der Waals surface area (Å²) < 4.78 is 0. The molecule has 3 N–H and O–H groups in total. The van der Waals surface area contributed by atoms with Crippen LogP contribution in [-0.2, 0) is 9.59 Å². The average molecular weight is 318 g/mol. The quantitative estimate of drug-likeness (QED) is 0.719. The van der Waals surface area contributed by atoms with Crippen molar-refractivity contribution >= 4 is 23.5 Å². The Morgan fingerprint density at radius 1 is 1.17 bits per heavy atom. The molecule has 2 amide bonds. The van der Waals surface area contributed by atoms with Crippen molar-refractivity contribution in [3.8, 4) is 0 Å². The summed E-state index contributed by atoms with van der Waals surface area (Å²) in [5.41, 5.74) is 0.867. The fraction of sp³-hybridized carbons (Fsp3) is 0.471. The molecule has 1 aliphatic rings. The predicted molar refractivity (Wildman–Crippen MR) is 86.2 cm³/mol. The Labute approximate surface area is 135 Å². The first-order valence-corrected chi connectivity index (χ1v) is 7.88. The summed E-state index contributed by atoms with van der Waals surface area (Å²) in [5.74, 6) is -1.23. The molecule has 0 radical (unpaired) electrons. The topological polar surface area (TPSA) is 95.5 Å². The summed E-state index contributed by atoms with van der Waals surface area (Å²) >= 11 is 0. The fourth-order valence-corrected chi connectivity index (χ4v) is 2.70. The number of carboxylic acid groups (broad SMARTS) is 1. The van der Waals surface area contributed by atoms with E-state index in [1.807, 2.05) is 6.92 Å². The molecule has 0 aromatic heterocycles. The maximum Gasteiger partial charge on any atom is 0.305 e. The van der Waals surface area contributed by atoms with Crippen molar-refractivity contribution < 1.29 is 19.5 Å². The summed E-state index contributed by atoms with van der Waals surface area (Å²) in [7, 11) is 0. The van der Waals surface area contributed by atoms with Crippen LogP contribution in [0.5, 0.6) is 0 Å². The second kappa shape index (κ2) is 7.26. The van der Waals surface area contributed by atoms with E-state index < -0.39 is 5.97 Å². The Kier molecular flexibility index (Phi) is 5.36. The van der Waals surface area contributed by atoms with Gasteiger partial charge in [-0.1, -0.05) is 13.3 Å². The molecular weight excluding hydrogens is 296 g/mol. The number of anilines is 1. The summed E-state index contributed by atoms with van der Waals surface area (Å²) in [5, 5.41) is 14.0. The number of aliphatic carboxylic acids is 1. The first-order valence-electron chi connectivity index (χ1n) is 7.88. The zero-order chi connectivity index (χ0) is 16.9. The van der Waals surface area contributed by atoms with Gasteiger partial charge in [-0.05, 0) is 43.5 Å². The minimum atomic E-state index is -0.954. The van der Waals surface area contributed by atoms with E-state index in [9.17, 15) is 14.4 Å². The van der Waals surface area contributed by atoms with E-state index in [1.54, 1.807) is 24.3 Å². The molecule has 0 atom stereocenters. The molecule has 0 heterocycles. The normalized spacial score (nSPS) is 15.3. The standard InChI is InChI=1S/C17H22N2O4/c1-2-17(9-3-10-17)16(23)19-13-6-4-12(5-7-13)15(22)18-11-8-14(20)21/h4-7H,2-3,8-11H2,1H3,(H,18,22)(H,19,23)(H,20,21). The minimum Gasteiger partial charge on any atom is -0.481 e. The van der Waals surface area contributed by atoms with Crippen molar-refractivity contribution in [2.24, 2.45) is 5.41 Å². The third-order valence-electron chi connectivity index (χ3n) is 4.50. The molecule has 0 spiro atoms. The van der Waals surface area contributed by atoms with Crippen LogP contribution in [0.15, 0.2) is 24.3 Å². The van der Waals surface area contributed by atoms with Gasteiger partial charge in [0, 0.05) is 23.2 Å². The molecule has 1 aromatic carbocycles. The summed E-state index contributed by atoms with van der Waals surface area (Å²) in [4.78, 5) is 34.6. The average Bonchev–Trinajstić information content (AvgIpc) is 2.47. The van der Waals surface area contributed by atoms with Gasteiger partial charge in [-0.15, -0.1) is 0 Å². The number of carbonyl (C=O) groups is 3. The largest absolute Gasteiger partial charge is 0.481 e. The van der Waals surface area contributed by atoms with Crippen LogP contribution in [-0.4, -0.2) is 29.4 Å². The number of carbonyl (C=O) groups excluding carboxylic acids is 2. The molecule has 6 nitrogen and oxygen atoms in total. The van der Waals surface area contributed by atoms with Crippen molar-refractivity contribution in [2.45, 2.75) is 39.0 Å². The van der Waals surface area contributed by atoms with Gasteiger partial charge in [0.2, 0.25) is 5.91 Å². The molecule has 1 saturated carbocycles. The van der Waals surface area contributed by atoms with E-state index in [4.69, 9.17) is 5.11 Å². The van der Waals surface area contributed by atoms with Gasteiger partial charge in [0.25, 0.3) is 5.91 Å². The maximum absolute atomic E-state index is 12.3. The van der Waals surface area contributed by atoms with Gasteiger partial charge >= 0.3 is 5.97 Å². The molecule has 0 saturated heterocycles. The van der Waals surface area contributed by atoms with Gasteiger partial charge in [0.1, 0.15) is 0 Å². The Morgan fingerprint density at radius 2 is 1.83 bits per heavy atom. The zero-order valence-corrected chi connectivity index (χ0v) is 13.2. The van der Waals surface area contributed by atoms with Crippen molar-refractivity contribution in [3.63, 3.8) is 0 Å². The van der Waals surface area contributed by atoms with Crippen LogP contribution in [0.2, 0.25) is 0 Å². The molecule has 124 valence electrons. The number of amides is 2. The third kappa shape index (κ3) is 4.09. The van der Waals surface area contributed by atoms with Crippen molar-refractivity contribution in [1.82, 2.24) is 5.32 Å². The molecule has 1 aliphatic carbocycles. The number of benzene rings is 1. The van der Waals surface area contributed by atoms with Gasteiger partial charge in [-0.3, -0.25) is 14.4 Å². The minimum absolute atomic E-state index is 0.0462. The number of rotatable bonds is 7. The fourth-order valence-electron chi connectivity index (χ4n) is 2.70. The van der Waals surface area contributed by atoms with E-state index in [1.165, 1.54) is 0 Å². The van der Waals surface area contributed by atoms with Gasteiger partial charge in [-0.25, -0.2) is 0 Å². The van der Waals surface area contributed by atoms with E-state index in [2.05, 4.69) is 10.6 Å². The van der Waals surface area contributed by atoms with E-state index in [-0.39, 0.29) is 30.2 Å². The van der Waals surface area contributed by atoms with Gasteiger partial charge in [0.15, 0.2) is 0 Å². The van der Waals surface area contributed by atoms with Crippen LogP contribution in [0.1, 0.15) is 49.4 Å². The molecular formula is C17H22N2O4. The van der Waals surface area contributed by atoms with Crippen molar-refractivity contribution in [3.05, 3.63) is 29.8 Å². The highest BCUT2D eigenvalue weighted by Gasteiger charge is 2.42. The Bertz CT molecular complexity index is 586. The molecule has 0 bridgehead atoms. The monoisotopic (exact) mass is 318 g/mol. The number of carboxylic acids is 1. The van der Waals surface area contributed by atoms with Gasteiger partial charge in [0.05, 0.1) is 6.42 Å². The molecule has 1 fully saturated rings. The van der Waals surface area contributed by atoms with Crippen LogP contribution in [0.25, 0.3) is 0 Å². The molecule has 23 heavy (non-hydrogen) atoms. The van der Waals surface area contributed by atoms with E-state index in [0.29, 0.717) is 11.3 Å². The lowest BCUT2D eigenvalue weighted by molar-refractivity contribution is -0.136. The number of hydrogen-bond donors (Lipinski definition) is 3. The Balaban J connectivity index is 1.90. The smallest absolute Gasteiger partial charge is 0.305 e. The molecule has 1 aromatic rings. The second-order valence-electron chi connectivity index (χ2n) is 5.92. The lowest BCUT2D eigenvalue weighted by Gasteiger charge is -2.39. The van der Waals surface area contributed by atoms with E-state index in [0.717, 1.165) is 25.7 Å². The SMILES string of the molecule is CCC1(C(=O)Nc2ccc(C(=O)NCCC(=O)O)cc2)CCC1. The highest BCUT2D eigenvalue weighted by atomic mass is 16.4.